The summed E-state index contributed by atoms with van der Waals surface area (Å²) in [4.78, 5) is 6.26. The monoisotopic (exact) mass is 487 g/mol. The lowest BCUT2D eigenvalue weighted by molar-refractivity contribution is 0.417. The van der Waals surface area contributed by atoms with Crippen LogP contribution in [0.1, 0.15) is 22.4 Å². The minimum absolute atomic E-state index is 0.305. The highest BCUT2D eigenvalue weighted by Gasteiger charge is 2.14. The van der Waals surface area contributed by atoms with Gasteiger partial charge >= 0.3 is 0 Å². The number of nitriles is 1. The number of rotatable bonds is 8. The standard InChI is InChI=1S/C27H23F2N5S/c28-23-8-10-25(11-9-23)32-27(35)33(18-22-2-1-3-24(29)14-22)13-12-26-16-31-19-34(26)17-21-6-4-20(15-30)5-7-21/h1-11,14,16,19H,12-13,17-18H2,(H,32,35). The van der Waals surface area contributed by atoms with E-state index in [0.29, 0.717) is 42.4 Å². The molecule has 4 rings (SSSR count). The Balaban J connectivity index is 1.47. The quantitative estimate of drug-likeness (QED) is 0.332. The van der Waals surface area contributed by atoms with Crippen LogP contribution < -0.4 is 5.32 Å². The maximum Gasteiger partial charge on any atom is 0.173 e. The Morgan fingerprint density at radius 2 is 1.77 bits per heavy atom. The fraction of sp³-hybridized carbons (Fsp3) is 0.148. The number of halogens is 2. The van der Waals surface area contributed by atoms with Crippen LogP contribution >= 0.6 is 12.2 Å². The molecule has 1 N–H and O–H groups in total. The number of hydrogen-bond donors (Lipinski definition) is 1. The molecule has 0 aliphatic carbocycles. The molecule has 0 fully saturated rings. The van der Waals surface area contributed by atoms with E-state index in [0.717, 1.165) is 16.8 Å². The zero-order valence-electron chi connectivity index (χ0n) is 18.9. The number of anilines is 1. The summed E-state index contributed by atoms with van der Waals surface area (Å²) < 4.78 is 29.1. The van der Waals surface area contributed by atoms with Gasteiger partial charge in [-0.1, -0.05) is 24.3 Å². The van der Waals surface area contributed by atoms with Crippen molar-refractivity contribution in [2.45, 2.75) is 19.5 Å². The van der Waals surface area contributed by atoms with Gasteiger partial charge in [-0.25, -0.2) is 13.8 Å². The summed E-state index contributed by atoms with van der Waals surface area (Å²) in [7, 11) is 0. The molecule has 0 unspecified atom stereocenters. The van der Waals surface area contributed by atoms with E-state index in [9.17, 15) is 8.78 Å². The van der Waals surface area contributed by atoms with E-state index in [2.05, 4.69) is 20.9 Å². The first-order chi connectivity index (χ1) is 17.0. The van der Waals surface area contributed by atoms with Crippen molar-refractivity contribution in [3.63, 3.8) is 0 Å². The zero-order valence-corrected chi connectivity index (χ0v) is 19.7. The molecular weight excluding hydrogens is 464 g/mol. The van der Waals surface area contributed by atoms with E-state index in [-0.39, 0.29) is 11.6 Å². The van der Waals surface area contributed by atoms with Gasteiger partial charge in [-0.15, -0.1) is 0 Å². The average molecular weight is 488 g/mol. The van der Waals surface area contributed by atoms with Crippen molar-refractivity contribution in [2.75, 3.05) is 11.9 Å². The van der Waals surface area contributed by atoms with Crippen LogP contribution in [-0.4, -0.2) is 26.1 Å². The molecule has 1 heterocycles. The molecule has 0 spiro atoms. The summed E-state index contributed by atoms with van der Waals surface area (Å²) in [6, 6.07) is 22.0. The Bertz CT molecular complexity index is 1330. The number of hydrogen-bond acceptors (Lipinski definition) is 3. The molecule has 4 aromatic rings. The first-order valence-electron chi connectivity index (χ1n) is 11.0. The summed E-state index contributed by atoms with van der Waals surface area (Å²) in [5.41, 5.74) is 4.16. The fourth-order valence-electron chi connectivity index (χ4n) is 3.67. The van der Waals surface area contributed by atoms with Crippen molar-refractivity contribution in [3.8, 4) is 6.07 Å². The van der Waals surface area contributed by atoms with E-state index in [1.807, 2.05) is 29.3 Å². The third-order valence-electron chi connectivity index (χ3n) is 5.52. The molecule has 0 atom stereocenters. The molecule has 0 radical (unpaired) electrons. The van der Waals surface area contributed by atoms with Crippen molar-refractivity contribution in [1.82, 2.24) is 14.5 Å². The molecule has 8 heteroatoms. The minimum atomic E-state index is -0.325. The van der Waals surface area contributed by atoms with Crippen molar-refractivity contribution in [1.29, 1.82) is 5.26 Å². The molecule has 3 aromatic carbocycles. The Labute approximate surface area is 208 Å². The summed E-state index contributed by atoms with van der Waals surface area (Å²) in [6.07, 6.45) is 4.25. The van der Waals surface area contributed by atoms with E-state index in [4.69, 9.17) is 17.5 Å². The molecule has 0 saturated heterocycles. The van der Waals surface area contributed by atoms with Gasteiger partial charge in [0.2, 0.25) is 0 Å². The molecular formula is C27H23F2N5S. The second-order valence-corrected chi connectivity index (χ2v) is 8.45. The fourth-order valence-corrected chi connectivity index (χ4v) is 3.95. The lowest BCUT2D eigenvalue weighted by Crippen LogP contribution is -2.36. The van der Waals surface area contributed by atoms with Crippen LogP contribution in [0.3, 0.4) is 0 Å². The number of nitrogens with one attached hydrogen (secondary N) is 1. The van der Waals surface area contributed by atoms with E-state index >= 15 is 0 Å². The van der Waals surface area contributed by atoms with Gasteiger partial charge in [-0.2, -0.15) is 5.26 Å². The Morgan fingerprint density at radius 3 is 2.49 bits per heavy atom. The second-order valence-electron chi connectivity index (χ2n) is 8.06. The lowest BCUT2D eigenvalue weighted by atomic mass is 10.1. The Kier molecular flexibility index (Phi) is 7.81. The van der Waals surface area contributed by atoms with Crippen LogP contribution in [0.25, 0.3) is 0 Å². The van der Waals surface area contributed by atoms with Gasteiger partial charge in [0.25, 0.3) is 0 Å². The highest BCUT2D eigenvalue weighted by Crippen LogP contribution is 2.15. The van der Waals surface area contributed by atoms with Crippen molar-refractivity contribution in [3.05, 3.63) is 119 Å². The van der Waals surface area contributed by atoms with Gasteiger partial charge in [0.1, 0.15) is 11.6 Å². The van der Waals surface area contributed by atoms with Crippen molar-refractivity contribution < 1.29 is 8.78 Å². The zero-order chi connectivity index (χ0) is 24.6. The van der Waals surface area contributed by atoms with Crippen LogP contribution in [0.15, 0.2) is 85.3 Å². The summed E-state index contributed by atoms with van der Waals surface area (Å²) in [6.45, 7) is 1.60. The maximum absolute atomic E-state index is 13.8. The van der Waals surface area contributed by atoms with Crippen LogP contribution in [0.5, 0.6) is 0 Å². The largest absolute Gasteiger partial charge is 0.344 e. The van der Waals surface area contributed by atoms with Gasteiger partial charge in [-0.3, -0.25) is 0 Å². The second kappa shape index (κ2) is 11.4. The topological polar surface area (TPSA) is 56.9 Å². The third-order valence-corrected chi connectivity index (χ3v) is 5.88. The summed E-state index contributed by atoms with van der Waals surface area (Å²) in [5, 5.41) is 12.6. The Hall–Kier alpha value is -4.09. The van der Waals surface area contributed by atoms with Gasteiger partial charge < -0.3 is 14.8 Å². The van der Waals surface area contributed by atoms with Gasteiger partial charge in [-0.05, 0) is 71.9 Å². The number of imidazole rings is 1. The van der Waals surface area contributed by atoms with Gasteiger partial charge in [0.15, 0.2) is 5.11 Å². The summed E-state index contributed by atoms with van der Waals surface area (Å²) in [5.74, 6) is -0.631. The number of thiocarbonyl (C=S) groups is 1. The Morgan fingerprint density at radius 1 is 1.00 bits per heavy atom. The summed E-state index contributed by atoms with van der Waals surface area (Å²) >= 11 is 5.66. The van der Waals surface area contributed by atoms with Crippen molar-refractivity contribution >= 4 is 23.0 Å². The van der Waals surface area contributed by atoms with E-state index in [1.54, 1.807) is 36.7 Å². The molecule has 0 saturated carbocycles. The number of aromatic nitrogens is 2. The molecule has 0 aliphatic rings. The van der Waals surface area contributed by atoms with Crippen molar-refractivity contribution in [2.24, 2.45) is 0 Å². The maximum atomic E-state index is 13.8. The van der Waals surface area contributed by atoms with Crippen LogP contribution in [0.4, 0.5) is 14.5 Å². The average Bonchev–Trinajstić information content (AvgIpc) is 3.30. The normalized spacial score (nSPS) is 10.5. The highest BCUT2D eigenvalue weighted by atomic mass is 32.1. The molecule has 0 bridgehead atoms. The highest BCUT2D eigenvalue weighted by molar-refractivity contribution is 7.80. The third kappa shape index (κ3) is 6.71. The predicted molar refractivity (Wildman–Crippen MR) is 136 cm³/mol. The lowest BCUT2D eigenvalue weighted by Gasteiger charge is -2.26. The van der Waals surface area contributed by atoms with Crippen LogP contribution in [0, 0.1) is 23.0 Å². The first-order valence-corrected chi connectivity index (χ1v) is 11.4. The predicted octanol–water partition coefficient (Wildman–Crippen LogP) is 5.52. The molecule has 35 heavy (non-hydrogen) atoms. The van der Waals surface area contributed by atoms with E-state index < -0.39 is 0 Å². The van der Waals surface area contributed by atoms with Crippen LogP contribution in [-0.2, 0) is 19.5 Å². The SMILES string of the molecule is N#Cc1ccc(Cn2cncc2CCN(Cc2cccc(F)c2)C(=S)Nc2ccc(F)cc2)cc1. The van der Waals surface area contributed by atoms with Gasteiger partial charge in [0, 0.05) is 43.6 Å². The smallest absolute Gasteiger partial charge is 0.173 e. The number of benzene rings is 3. The minimum Gasteiger partial charge on any atom is -0.344 e. The van der Waals surface area contributed by atoms with E-state index in [1.165, 1.54) is 24.3 Å². The first kappa shape index (κ1) is 24.0. The molecule has 0 aliphatic heterocycles. The molecule has 0 amide bonds. The molecule has 176 valence electrons. The molecule has 1 aromatic heterocycles. The number of nitrogens with zero attached hydrogens (tertiary/aromatic N) is 4. The van der Waals surface area contributed by atoms with Crippen LogP contribution in [0.2, 0.25) is 0 Å². The van der Waals surface area contributed by atoms with Gasteiger partial charge in [0.05, 0.1) is 18.0 Å². The molecule has 5 nitrogen and oxygen atoms in total.